The Balaban J connectivity index is 2.00. The summed E-state index contributed by atoms with van der Waals surface area (Å²) in [5.41, 5.74) is 3.07. The number of carbonyl (C=O) groups excluding carboxylic acids is 1. The van der Waals surface area contributed by atoms with Gasteiger partial charge in [0.05, 0.1) is 29.3 Å². The number of carbonyl (C=O) groups is 1. The first-order valence-corrected chi connectivity index (χ1v) is 6.89. The Morgan fingerprint density at radius 2 is 2.10 bits per heavy atom. The average Bonchev–Trinajstić information content (AvgIpc) is 3.32. The summed E-state index contributed by atoms with van der Waals surface area (Å²) in [6.07, 6.45) is 3.92. The molecule has 0 saturated heterocycles. The number of hydrogen-bond acceptors (Lipinski definition) is 4. The highest BCUT2D eigenvalue weighted by molar-refractivity contribution is 5.91. The second kappa shape index (κ2) is 5.41. The Hall–Kier alpha value is -2.23. The van der Waals surface area contributed by atoms with E-state index in [4.69, 9.17) is 4.74 Å². The van der Waals surface area contributed by atoms with Crippen molar-refractivity contribution in [1.82, 2.24) is 9.97 Å². The predicted octanol–water partition coefficient (Wildman–Crippen LogP) is 3.20. The summed E-state index contributed by atoms with van der Waals surface area (Å²) in [5, 5.41) is 0. The Bertz CT molecular complexity index is 622. The lowest BCUT2D eigenvalue weighted by atomic mass is 10.1. The Morgan fingerprint density at radius 1 is 1.25 bits per heavy atom. The van der Waals surface area contributed by atoms with Gasteiger partial charge in [0.2, 0.25) is 0 Å². The molecule has 0 aromatic carbocycles. The zero-order valence-corrected chi connectivity index (χ0v) is 11.4. The highest BCUT2D eigenvalue weighted by Gasteiger charge is 2.30. The molecule has 102 valence electrons. The molecule has 0 spiro atoms. The summed E-state index contributed by atoms with van der Waals surface area (Å²) in [6, 6.07) is 9.37. The van der Waals surface area contributed by atoms with Gasteiger partial charge in [-0.2, -0.15) is 0 Å². The molecule has 1 fully saturated rings. The van der Waals surface area contributed by atoms with Crippen molar-refractivity contribution in [3.63, 3.8) is 0 Å². The summed E-state index contributed by atoms with van der Waals surface area (Å²) in [7, 11) is 0. The van der Waals surface area contributed by atoms with Crippen LogP contribution in [0.4, 0.5) is 0 Å². The molecule has 1 saturated carbocycles. The minimum atomic E-state index is -0.283. The third kappa shape index (κ3) is 2.54. The quantitative estimate of drug-likeness (QED) is 0.799. The van der Waals surface area contributed by atoms with Crippen molar-refractivity contribution < 1.29 is 9.53 Å². The van der Waals surface area contributed by atoms with Crippen LogP contribution < -0.4 is 0 Å². The molecule has 1 aliphatic carbocycles. The molecule has 20 heavy (non-hydrogen) atoms. The number of nitrogens with zero attached hydrogens (tertiary/aromatic N) is 2. The fraction of sp³-hybridized carbons (Fsp3) is 0.312. The number of esters is 1. The zero-order valence-electron chi connectivity index (χ0n) is 11.4. The summed E-state index contributed by atoms with van der Waals surface area (Å²) < 4.78 is 5.10. The largest absolute Gasteiger partial charge is 0.462 e. The number of aromatic nitrogens is 2. The molecule has 0 radical (unpaired) electrons. The molecule has 2 aromatic heterocycles. The minimum absolute atomic E-state index is 0.283. The molecule has 3 rings (SSSR count). The first-order valence-electron chi connectivity index (χ1n) is 6.89. The van der Waals surface area contributed by atoms with E-state index in [1.54, 1.807) is 6.20 Å². The van der Waals surface area contributed by atoms with E-state index in [2.05, 4.69) is 9.97 Å². The first kappa shape index (κ1) is 12.8. The molecular weight excluding hydrogens is 252 g/mol. The van der Waals surface area contributed by atoms with Crippen LogP contribution in [0.1, 0.15) is 41.7 Å². The summed E-state index contributed by atoms with van der Waals surface area (Å²) in [4.78, 5) is 20.9. The Labute approximate surface area is 117 Å². The van der Waals surface area contributed by atoms with Gasteiger partial charge < -0.3 is 4.74 Å². The van der Waals surface area contributed by atoms with Gasteiger partial charge in [-0.05, 0) is 44.0 Å². The molecule has 4 heteroatoms. The molecule has 0 N–H and O–H groups in total. The SMILES string of the molecule is CCOC(=O)c1ccc(-c2ccccn2)nc1C1CC1. The monoisotopic (exact) mass is 268 g/mol. The van der Waals surface area contributed by atoms with Gasteiger partial charge in [-0.3, -0.25) is 4.98 Å². The third-order valence-corrected chi connectivity index (χ3v) is 3.31. The van der Waals surface area contributed by atoms with Crippen LogP contribution in [-0.4, -0.2) is 22.5 Å². The van der Waals surface area contributed by atoms with Gasteiger partial charge in [0, 0.05) is 12.1 Å². The maximum atomic E-state index is 12.0. The molecule has 1 aliphatic rings. The first-order chi connectivity index (χ1) is 9.79. The van der Waals surface area contributed by atoms with Gasteiger partial charge in [0.25, 0.3) is 0 Å². The van der Waals surface area contributed by atoms with Crippen molar-refractivity contribution in [2.75, 3.05) is 6.61 Å². The van der Waals surface area contributed by atoms with Gasteiger partial charge in [-0.1, -0.05) is 6.07 Å². The molecule has 2 aromatic rings. The van der Waals surface area contributed by atoms with Crippen LogP contribution in [0.5, 0.6) is 0 Å². The van der Waals surface area contributed by atoms with E-state index >= 15 is 0 Å². The van der Waals surface area contributed by atoms with Gasteiger partial charge in [-0.15, -0.1) is 0 Å². The molecule has 4 nitrogen and oxygen atoms in total. The van der Waals surface area contributed by atoms with Crippen LogP contribution in [0.2, 0.25) is 0 Å². The second-order valence-corrected chi connectivity index (χ2v) is 4.84. The smallest absolute Gasteiger partial charge is 0.339 e. The maximum Gasteiger partial charge on any atom is 0.339 e. The van der Waals surface area contributed by atoms with Gasteiger partial charge >= 0.3 is 5.97 Å². The van der Waals surface area contributed by atoms with E-state index in [0.29, 0.717) is 18.1 Å². The molecule has 0 atom stereocenters. The van der Waals surface area contributed by atoms with Crippen molar-refractivity contribution in [3.05, 3.63) is 47.8 Å². The topological polar surface area (TPSA) is 52.1 Å². The molecular formula is C16H16N2O2. The molecule has 0 aliphatic heterocycles. The van der Waals surface area contributed by atoms with Crippen molar-refractivity contribution in [1.29, 1.82) is 0 Å². The number of rotatable bonds is 4. The fourth-order valence-electron chi connectivity index (χ4n) is 2.18. The van der Waals surface area contributed by atoms with Crippen molar-refractivity contribution in [3.8, 4) is 11.4 Å². The number of pyridine rings is 2. The van der Waals surface area contributed by atoms with Crippen molar-refractivity contribution in [2.24, 2.45) is 0 Å². The fourth-order valence-corrected chi connectivity index (χ4v) is 2.18. The van der Waals surface area contributed by atoms with E-state index in [-0.39, 0.29) is 5.97 Å². The molecule has 0 amide bonds. The van der Waals surface area contributed by atoms with Crippen LogP contribution in [0.3, 0.4) is 0 Å². The van der Waals surface area contributed by atoms with E-state index in [9.17, 15) is 4.79 Å². The lowest BCUT2D eigenvalue weighted by Gasteiger charge is -2.09. The zero-order chi connectivity index (χ0) is 13.9. The summed E-state index contributed by atoms with van der Waals surface area (Å²) in [5.74, 6) is 0.104. The summed E-state index contributed by atoms with van der Waals surface area (Å²) in [6.45, 7) is 2.19. The lowest BCUT2D eigenvalue weighted by molar-refractivity contribution is 0.0524. The third-order valence-electron chi connectivity index (χ3n) is 3.31. The van der Waals surface area contributed by atoms with Crippen LogP contribution in [0.25, 0.3) is 11.4 Å². The van der Waals surface area contributed by atoms with E-state index in [1.165, 1.54) is 0 Å². The van der Waals surface area contributed by atoms with Gasteiger partial charge in [-0.25, -0.2) is 9.78 Å². The van der Waals surface area contributed by atoms with Crippen LogP contribution >= 0.6 is 0 Å². The highest BCUT2D eigenvalue weighted by Crippen LogP contribution is 2.41. The molecule has 0 unspecified atom stereocenters. The lowest BCUT2D eigenvalue weighted by Crippen LogP contribution is -2.09. The Morgan fingerprint density at radius 3 is 2.75 bits per heavy atom. The van der Waals surface area contributed by atoms with Crippen molar-refractivity contribution >= 4 is 5.97 Å². The molecule has 0 bridgehead atoms. The summed E-state index contributed by atoms with van der Waals surface area (Å²) >= 11 is 0. The standard InChI is InChI=1S/C16H16N2O2/c1-2-20-16(19)12-8-9-14(13-5-3-4-10-17-13)18-15(12)11-6-7-11/h3-5,8-11H,2,6-7H2,1H3. The van der Waals surface area contributed by atoms with Crippen LogP contribution in [-0.2, 0) is 4.74 Å². The normalized spacial score (nSPS) is 14.1. The Kier molecular flexibility index (Phi) is 3.46. The number of ether oxygens (including phenoxy) is 1. The number of hydrogen-bond donors (Lipinski definition) is 0. The molecule has 2 heterocycles. The highest BCUT2D eigenvalue weighted by atomic mass is 16.5. The average molecular weight is 268 g/mol. The van der Waals surface area contributed by atoms with Crippen molar-refractivity contribution in [2.45, 2.75) is 25.7 Å². The van der Waals surface area contributed by atoms with E-state index in [0.717, 1.165) is 29.9 Å². The second-order valence-electron chi connectivity index (χ2n) is 4.84. The van der Waals surface area contributed by atoms with Gasteiger partial charge in [0.1, 0.15) is 0 Å². The van der Waals surface area contributed by atoms with Crippen LogP contribution in [0.15, 0.2) is 36.5 Å². The minimum Gasteiger partial charge on any atom is -0.462 e. The maximum absolute atomic E-state index is 12.0. The van der Waals surface area contributed by atoms with Crippen LogP contribution in [0, 0.1) is 0 Å². The van der Waals surface area contributed by atoms with Gasteiger partial charge in [0.15, 0.2) is 0 Å². The predicted molar refractivity (Wildman–Crippen MR) is 75.4 cm³/mol. The van der Waals surface area contributed by atoms with E-state index < -0.39 is 0 Å². The van der Waals surface area contributed by atoms with E-state index in [1.807, 2.05) is 37.3 Å².